The molecule has 1 aliphatic carbocycles. The van der Waals surface area contributed by atoms with E-state index in [0.717, 1.165) is 25.0 Å². The minimum Gasteiger partial charge on any atom is -0.469 e. The Labute approximate surface area is 94.6 Å². The number of furan rings is 1. The summed E-state index contributed by atoms with van der Waals surface area (Å²) in [5.74, 6) is 0.805. The van der Waals surface area contributed by atoms with Gasteiger partial charge >= 0.3 is 0 Å². The maximum atomic E-state index is 11.7. The molecule has 0 radical (unpaired) electrons. The number of hydrogen-bond acceptors (Lipinski definition) is 3. The van der Waals surface area contributed by atoms with Gasteiger partial charge in [0, 0.05) is 12.5 Å². The Morgan fingerprint density at radius 3 is 3.00 bits per heavy atom. The van der Waals surface area contributed by atoms with E-state index >= 15 is 0 Å². The third-order valence-corrected chi connectivity index (χ3v) is 3.14. The fourth-order valence-corrected chi connectivity index (χ4v) is 2.14. The quantitative estimate of drug-likeness (QED) is 0.815. The highest BCUT2D eigenvalue weighted by atomic mass is 16.3. The lowest BCUT2D eigenvalue weighted by molar-refractivity contribution is 0.0916. The number of rotatable bonds is 3. The molecule has 1 fully saturated rings. The zero-order valence-electron chi connectivity index (χ0n) is 9.40. The van der Waals surface area contributed by atoms with E-state index in [1.54, 1.807) is 13.0 Å². The van der Waals surface area contributed by atoms with E-state index in [1.165, 1.54) is 6.26 Å². The highest BCUT2D eigenvalue weighted by molar-refractivity contribution is 5.93. The minimum atomic E-state index is -0.258. The van der Waals surface area contributed by atoms with E-state index in [1.807, 2.05) is 0 Å². The molecular weight excluding hydrogens is 206 g/mol. The molecule has 0 aromatic carbocycles. The molecule has 2 rings (SSSR count). The standard InChI is InChI=1S/C12H17NO3/c1-8-5-10(7-16-8)12(15)13-6-9-3-2-4-11(9)14/h5,7,9,11,14H,2-4,6H2,1H3,(H,13,15). The van der Waals surface area contributed by atoms with Crippen LogP contribution in [0.3, 0.4) is 0 Å². The summed E-state index contributed by atoms with van der Waals surface area (Å²) in [5.41, 5.74) is 0.546. The SMILES string of the molecule is Cc1cc(C(=O)NCC2CCCC2O)co1. The van der Waals surface area contributed by atoms with Crippen LogP contribution in [0.15, 0.2) is 16.7 Å². The Bertz CT molecular complexity index is 372. The highest BCUT2D eigenvalue weighted by Gasteiger charge is 2.25. The lowest BCUT2D eigenvalue weighted by Crippen LogP contribution is -2.32. The predicted octanol–water partition coefficient (Wildman–Crippen LogP) is 1.48. The van der Waals surface area contributed by atoms with Crippen molar-refractivity contribution >= 4 is 5.91 Å². The molecule has 4 heteroatoms. The van der Waals surface area contributed by atoms with Gasteiger partial charge < -0.3 is 14.8 Å². The van der Waals surface area contributed by atoms with Crippen molar-refractivity contribution in [3.63, 3.8) is 0 Å². The fourth-order valence-electron chi connectivity index (χ4n) is 2.14. The van der Waals surface area contributed by atoms with Gasteiger partial charge in [0.1, 0.15) is 12.0 Å². The number of aliphatic hydroxyl groups is 1. The fraction of sp³-hybridized carbons (Fsp3) is 0.583. The van der Waals surface area contributed by atoms with E-state index in [0.29, 0.717) is 12.1 Å². The predicted molar refractivity (Wildman–Crippen MR) is 59.1 cm³/mol. The first-order valence-corrected chi connectivity index (χ1v) is 5.68. The van der Waals surface area contributed by atoms with Crippen molar-refractivity contribution in [1.82, 2.24) is 5.32 Å². The Morgan fingerprint density at radius 1 is 1.62 bits per heavy atom. The van der Waals surface area contributed by atoms with Gasteiger partial charge in [-0.25, -0.2) is 0 Å². The second kappa shape index (κ2) is 4.70. The van der Waals surface area contributed by atoms with Crippen LogP contribution in [0.2, 0.25) is 0 Å². The molecule has 0 aliphatic heterocycles. The van der Waals surface area contributed by atoms with Gasteiger partial charge in [-0.2, -0.15) is 0 Å². The normalized spacial score (nSPS) is 24.6. The average molecular weight is 223 g/mol. The van der Waals surface area contributed by atoms with Crippen molar-refractivity contribution in [3.05, 3.63) is 23.7 Å². The van der Waals surface area contributed by atoms with Crippen molar-refractivity contribution in [1.29, 1.82) is 0 Å². The van der Waals surface area contributed by atoms with Crippen LogP contribution < -0.4 is 5.32 Å². The Balaban J connectivity index is 1.84. The van der Waals surface area contributed by atoms with Gasteiger partial charge in [-0.15, -0.1) is 0 Å². The van der Waals surface area contributed by atoms with Crippen LogP contribution in [0.1, 0.15) is 35.4 Å². The van der Waals surface area contributed by atoms with Crippen molar-refractivity contribution < 1.29 is 14.3 Å². The van der Waals surface area contributed by atoms with Crippen LogP contribution in [-0.2, 0) is 0 Å². The Hall–Kier alpha value is -1.29. The van der Waals surface area contributed by atoms with Gasteiger partial charge in [0.05, 0.1) is 11.7 Å². The number of aliphatic hydroxyl groups excluding tert-OH is 1. The van der Waals surface area contributed by atoms with E-state index < -0.39 is 0 Å². The first kappa shape index (κ1) is 11.2. The minimum absolute atomic E-state index is 0.129. The van der Waals surface area contributed by atoms with Gasteiger partial charge in [-0.05, 0) is 25.8 Å². The first-order chi connectivity index (χ1) is 7.66. The topological polar surface area (TPSA) is 62.5 Å². The molecule has 88 valence electrons. The Morgan fingerprint density at radius 2 is 2.44 bits per heavy atom. The molecule has 1 amide bonds. The molecule has 0 spiro atoms. The molecule has 1 aromatic heterocycles. The summed E-state index contributed by atoms with van der Waals surface area (Å²) in [6.45, 7) is 2.35. The van der Waals surface area contributed by atoms with Gasteiger partial charge in [0.2, 0.25) is 0 Å². The molecule has 1 heterocycles. The number of nitrogens with one attached hydrogen (secondary N) is 1. The van der Waals surface area contributed by atoms with Gasteiger partial charge in [-0.3, -0.25) is 4.79 Å². The lowest BCUT2D eigenvalue weighted by atomic mass is 10.1. The van der Waals surface area contributed by atoms with Crippen LogP contribution in [0.25, 0.3) is 0 Å². The summed E-state index contributed by atoms with van der Waals surface area (Å²) < 4.78 is 5.07. The smallest absolute Gasteiger partial charge is 0.254 e. The molecule has 1 saturated carbocycles. The third-order valence-electron chi connectivity index (χ3n) is 3.14. The van der Waals surface area contributed by atoms with Gasteiger partial charge in [0.15, 0.2) is 0 Å². The first-order valence-electron chi connectivity index (χ1n) is 5.68. The second-order valence-electron chi connectivity index (χ2n) is 4.41. The van der Waals surface area contributed by atoms with Crippen molar-refractivity contribution in [2.75, 3.05) is 6.54 Å². The average Bonchev–Trinajstić information content (AvgIpc) is 2.84. The third kappa shape index (κ3) is 2.44. The summed E-state index contributed by atoms with van der Waals surface area (Å²) in [6, 6.07) is 1.71. The molecule has 2 unspecified atom stereocenters. The van der Waals surface area contributed by atoms with Crippen LogP contribution in [0.5, 0.6) is 0 Å². The molecular formula is C12H17NO3. The van der Waals surface area contributed by atoms with Crippen molar-refractivity contribution in [2.24, 2.45) is 5.92 Å². The summed E-state index contributed by atoms with van der Waals surface area (Å²) >= 11 is 0. The number of aryl methyl sites for hydroxylation is 1. The van der Waals surface area contributed by atoms with Crippen LogP contribution in [-0.4, -0.2) is 23.7 Å². The summed E-state index contributed by atoms with van der Waals surface area (Å²) in [4.78, 5) is 11.7. The van der Waals surface area contributed by atoms with Crippen LogP contribution >= 0.6 is 0 Å². The number of carbonyl (C=O) groups is 1. The number of amides is 1. The molecule has 0 saturated heterocycles. The maximum Gasteiger partial charge on any atom is 0.254 e. The molecule has 2 atom stereocenters. The number of hydrogen-bond donors (Lipinski definition) is 2. The van der Waals surface area contributed by atoms with E-state index in [-0.39, 0.29) is 17.9 Å². The lowest BCUT2D eigenvalue weighted by Gasteiger charge is -2.14. The zero-order valence-corrected chi connectivity index (χ0v) is 9.40. The maximum absolute atomic E-state index is 11.7. The molecule has 4 nitrogen and oxygen atoms in total. The summed E-state index contributed by atoms with van der Waals surface area (Å²) in [6.07, 6.45) is 4.09. The van der Waals surface area contributed by atoms with E-state index in [9.17, 15) is 9.90 Å². The molecule has 1 aromatic rings. The molecule has 0 bridgehead atoms. The van der Waals surface area contributed by atoms with Gasteiger partial charge in [-0.1, -0.05) is 6.42 Å². The summed E-state index contributed by atoms with van der Waals surface area (Å²) in [5, 5.41) is 12.4. The van der Waals surface area contributed by atoms with Crippen LogP contribution in [0.4, 0.5) is 0 Å². The second-order valence-corrected chi connectivity index (χ2v) is 4.41. The van der Waals surface area contributed by atoms with Gasteiger partial charge in [0.25, 0.3) is 5.91 Å². The van der Waals surface area contributed by atoms with Crippen molar-refractivity contribution in [3.8, 4) is 0 Å². The highest BCUT2D eigenvalue weighted by Crippen LogP contribution is 2.24. The molecule has 1 aliphatic rings. The van der Waals surface area contributed by atoms with E-state index in [4.69, 9.17) is 4.42 Å². The van der Waals surface area contributed by atoms with Crippen molar-refractivity contribution in [2.45, 2.75) is 32.3 Å². The monoisotopic (exact) mass is 223 g/mol. The van der Waals surface area contributed by atoms with E-state index in [2.05, 4.69) is 5.32 Å². The number of carbonyl (C=O) groups excluding carboxylic acids is 1. The molecule has 16 heavy (non-hydrogen) atoms. The largest absolute Gasteiger partial charge is 0.469 e. The van der Waals surface area contributed by atoms with Crippen LogP contribution in [0, 0.1) is 12.8 Å². The molecule has 2 N–H and O–H groups in total. The zero-order chi connectivity index (χ0) is 11.5. The Kier molecular flexibility index (Phi) is 3.29. The summed E-state index contributed by atoms with van der Waals surface area (Å²) in [7, 11) is 0.